The van der Waals surface area contributed by atoms with Crippen molar-refractivity contribution in [1.29, 1.82) is 0 Å². The minimum atomic E-state index is 0.112. The zero-order chi connectivity index (χ0) is 11.8. The Bertz CT molecular complexity index is 228. The molecule has 92 valence electrons. The summed E-state index contributed by atoms with van der Waals surface area (Å²) in [5, 5.41) is 6.12. The maximum absolute atomic E-state index is 11.6. The van der Waals surface area contributed by atoms with E-state index in [0.29, 0.717) is 19.1 Å². The second-order valence-electron chi connectivity index (χ2n) is 4.80. The molecule has 0 heterocycles. The summed E-state index contributed by atoms with van der Waals surface area (Å²) >= 11 is 0. The molecule has 2 N–H and O–H groups in total. The molecule has 1 aliphatic carbocycles. The highest BCUT2D eigenvalue weighted by Crippen LogP contribution is 2.22. The van der Waals surface area contributed by atoms with E-state index in [-0.39, 0.29) is 5.91 Å². The minimum Gasteiger partial charge on any atom is -0.352 e. The Hall–Kier alpha value is -0.830. The molecule has 16 heavy (non-hydrogen) atoms. The van der Waals surface area contributed by atoms with Crippen LogP contribution in [0.5, 0.6) is 0 Å². The second kappa shape index (κ2) is 7.44. The number of hydrogen-bond donors (Lipinski definition) is 2. The average molecular weight is 224 g/mol. The fourth-order valence-electron chi connectivity index (χ4n) is 2.20. The van der Waals surface area contributed by atoms with Crippen LogP contribution in [0.15, 0.2) is 12.7 Å². The molecule has 2 unspecified atom stereocenters. The number of hydrogen-bond acceptors (Lipinski definition) is 2. The first kappa shape index (κ1) is 13.2. The topological polar surface area (TPSA) is 41.1 Å². The van der Waals surface area contributed by atoms with E-state index in [0.717, 1.165) is 18.8 Å². The molecule has 0 spiro atoms. The zero-order valence-corrected chi connectivity index (χ0v) is 10.3. The van der Waals surface area contributed by atoms with Crippen LogP contribution in [-0.2, 0) is 4.79 Å². The SMILES string of the molecule is C=CCNCC(=O)NC1CCCC(C)CC1. The lowest BCUT2D eigenvalue weighted by molar-refractivity contribution is -0.121. The molecule has 0 aromatic carbocycles. The van der Waals surface area contributed by atoms with Crippen LogP contribution in [0.3, 0.4) is 0 Å². The maximum Gasteiger partial charge on any atom is 0.234 e. The van der Waals surface area contributed by atoms with Gasteiger partial charge >= 0.3 is 0 Å². The van der Waals surface area contributed by atoms with E-state index in [4.69, 9.17) is 0 Å². The van der Waals surface area contributed by atoms with Crippen molar-refractivity contribution in [2.24, 2.45) is 5.92 Å². The molecular formula is C13H24N2O. The van der Waals surface area contributed by atoms with Crippen molar-refractivity contribution < 1.29 is 4.79 Å². The van der Waals surface area contributed by atoms with Gasteiger partial charge in [0.05, 0.1) is 6.54 Å². The van der Waals surface area contributed by atoms with E-state index in [1.165, 1.54) is 19.3 Å². The molecule has 1 rings (SSSR count). The van der Waals surface area contributed by atoms with Crippen LogP contribution < -0.4 is 10.6 Å². The number of rotatable bonds is 5. The van der Waals surface area contributed by atoms with Gasteiger partial charge in [-0.1, -0.05) is 25.8 Å². The predicted octanol–water partition coefficient (Wildman–Crippen LogP) is 1.85. The molecule has 1 aliphatic rings. The largest absolute Gasteiger partial charge is 0.352 e. The zero-order valence-electron chi connectivity index (χ0n) is 10.3. The Morgan fingerprint density at radius 2 is 2.19 bits per heavy atom. The van der Waals surface area contributed by atoms with Gasteiger partial charge in [-0.05, 0) is 25.2 Å². The van der Waals surface area contributed by atoms with Crippen molar-refractivity contribution in [1.82, 2.24) is 10.6 Å². The standard InChI is InChI=1S/C13H24N2O/c1-3-9-14-10-13(16)15-12-6-4-5-11(2)7-8-12/h3,11-12,14H,1,4-10H2,2H3,(H,15,16). The molecule has 0 aromatic heterocycles. The predicted molar refractivity (Wildman–Crippen MR) is 67.2 cm³/mol. The van der Waals surface area contributed by atoms with Crippen LogP contribution in [0.25, 0.3) is 0 Å². The molecule has 0 aliphatic heterocycles. The smallest absolute Gasteiger partial charge is 0.234 e. The fourth-order valence-corrected chi connectivity index (χ4v) is 2.20. The first-order chi connectivity index (χ1) is 7.72. The highest BCUT2D eigenvalue weighted by Gasteiger charge is 2.17. The third kappa shape index (κ3) is 5.31. The first-order valence-electron chi connectivity index (χ1n) is 6.33. The summed E-state index contributed by atoms with van der Waals surface area (Å²) in [6, 6.07) is 0.392. The van der Waals surface area contributed by atoms with Gasteiger partial charge in [0.25, 0.3) is 0 Å². The van der Waals surface area contributed by atoms with Crippen LogP contribution in [0.1, 0.15) is 39.0 Å². The van der Waals surface area contributed by atoms with Crippen molar-refractivity contribution in [3.63, 3.8) is 0 Å². The molecule has 1 fully saturated rings. The van der Waals surface area contributed by atoms with E-state index < -0.39 is 0 Å². The minimum absolute atomic E-state index is 0.112. The van der Waals surface area contributed by atoms with Gasteiger partial charge in [0.15, 0.2) is 0 Å². The first-order valence-corrected chi connectivity index (χ1v) is 6.33. The molecule has 0 radical (unpaired) electrons. The summed E-state index contributed by atoms with van der Waals surface area (Å²) in [5.41, 5.74) is 0. The Labute approximate surface area is 98.7 Å². The maximum atomic E-state index is 11.6. The number of carbonyl (C=O) groups is 1. The van der Waals surface area contributed by atoms with Crippen LogP contribution >= 0.6 is 0 Å². The van der Waals surface area contributed by atoms with Crippen molar-refractivity contribution in [3.05, 3.63) is 12.7 Å². The summed E-state index contributed by atoms with van der Waals surface area (Å²) in [5.74, 6) is 0.933. The molecule has 3 nitrogen and oxygen atoms in total. The Kier molecular flexibility index (Phi) is 6.16. The summed E-state index contributed by atoms with van der Waals surface area (Å²) in [4.78, 5) is 11.6. The van der Waals surface area contributed by atoms with Gasteiger partial charge in [-0.2, -0.15) is 0 Å². The van der Waals surface area contributed by atoms with Crippen LogP contribution in [0.2, 0.25) is 0 Å². The van der Waals surface area contributed by atoms with Crippen molar-refractivity contribution in [2.45, 2.75) is 45.1 Å². The summed E-state index contributed by atoms with van der Waals surface area (Å²) < 4.78 is 0. The Morgan fingerprint density at radius 1 is 1.38 bits per heavy atom. The fraction of sp³-hybridized carbons (Fsp3) is 0.769. The molecular weight excluding hydrogens is 200 g/mol. The van der Waals surface area contributed by atoms with Crippen molar-refractivity contribution in [2.75, 3.05) is 13.1 Å². The van der Waals surface area contributed by atoms with Crippen LogP contribution in [0, 0.1) is 5.92 Å². The molecule has 0 bridgehead atoms. The Morgan fingerprint density at radius 3 is 2.94 bits per heavy atom. The van der Waals surface area contributed by atoms with E-state index in [1.54, 1.807) is 6.08 Å². The Balaban J connectivity index is 2.19. The van der Waals surface area contributed by atoms with Gasteiger partial charge in [-0.15, -0.1) is 6.58 Å². The van der Waals surface area contributed by atoms with Gasteiger partial charge in [0.1, 0.15) is 0 Å². The van der Waals surface area contributed by atoms with E-state index in [2.05, 4.69) is 24.1 Å². The van der Waals surface area contributed by atoms with Gasteiger partial charge < -0.3 is 10.6 Å². The number of carbonyl (C=O) groups excluding carboxylic acids is 1. The monoisotopic (exact) mass is 224 g/mol. The molecule has 0 saturated heterocycles. The van der Waals surface area contributed by atoms with Crippen LogP contribution in [0.4, 0.5) is 0 Å². The van der Waals surface area contributed by atoms with Gasteiger partial charge in [0, 0.05) is 12.6 Å². The average Bonchev–Trinajstić information content (AvgIpc) is 2.44. The van der Waals surface area contributed by atoms with Gasteiger partial charge in [-0.3, -0.25) is 4.79 Å². The van der Waals surface area contributed by atoms with Crippen molar-refractivity contribution >= 4 is 5.91 Å². The second-order valence-corrected chi connectivity index (χ2v) is 4.80. The van der Waals surface area contributed by atoms with Crippen molar-refractivity contribution in [3.8, 4) is 0 Å². The lowest BCUT2D eigenvalue weighted by Gasteiger charge is -2.16. The number of nitrogens with one attached hydrogen (secondary N) is 2. The molecule has 3 heteroatoms. The normalized spacial score (nSPS) is 25.8. The highest BCUT2D eigenvalue weighted by atomic mass is 16.1. The number of amides is 1. The highest BCUT2D eigenvalue weighted by molar-refractivity contribution is 5.78. The quantitative estimate of drug-likeness (QED) is 0.425. The summed E-state index contributed by atoms with van der Waals surface area (Å²) in [7, 11) is 0. The molecule has 1 saturated carbocycles. The van der Waals surface area contributed by atoms with E-state index >= 15 is 0 Å². The van der Waals surface area contributed by atoms with E-state index in [1.807, 2.05) is 0 Å². The summed E-state index contributed by atoms with van der Waals surface area (Å²) in [6.07, 6.45) is 7.82. The third-order valence-corrected chi connectivity index (χ3v) is 3.20. The van der Waals surface area contributed by atoms with Gasteiger partial charge in [0.2, 0.25) is 5.91 Å². The van der Waals surface area contributed by atoms with E-state index in [9.17, 15) is 4.79 Å². The lowest BCUT2D eigenvalue weighted by Crippen LogP contribution is -2.40. The molecule has 2 atom stereocenters. The van der Waals surface area contributed by atoms with Gasteiger partial charge in [-0.25, -0.2) is 0 Å². The molecule has 1 amide bonds. The summed E-state index contributed by atoms with van der Waals surface area (Å²) in [6.45, 7) is 6.99. The third-order valence-electron chi connectivity index (χ3n) is 3.20. The molecule has 0 aromatic rings. The lowest BCUT2D eigenvalue weighted by atomic mass is 10.0. The van der Waals surface area contributed by atoms with Crippen LogP contribution in [-0.4, -0.2) is 25.0 Å².